The molecule has 12 nitrogen and oxygen atoms in total. The summed E-state index contributed by atoms with van der Waals surface area (Å²) in [6.07, 6.45) is 64.4. The summed E-state index contributed by atoms with van der Waals surface area (Å²) < 4.78 is 28.4. The zero-order valence-electron chi connectivity index (χ0n) is 50.5. The van der Waals surface area contributed by atoms with Crippen molar-refractivity contribution in [3.8, 4) is 0 Å². The van der Waals surface area contributed by atoms with Gasteiger partial charge in [0.1, 0.15) is 18.8 Å². The van der Waals surface area contributed by atoms with Gasteiger partial charge in [-0.25, -0.2) is 4.79 Å². The summed E-state index contributed by atoms with van der Waals surface area (Å²) in [6, 6.07) is 0. The second kappa shape index (κ2) is 55.6. The van der Waals surface area contributed by atoms with E-state index in [0.29, 0.717) is 19.3 Å². The molecule has 1 aliphatic rings. The smallest absolute Gasteiger partial charge is 0.335 e. The fraction of sp³-hybridized carbons (Fsp3) is 0.652. The SMILES string of the molecule is CC/C=C\C/C=C\C/C=C\C/C=C\C/C=C\CCCCCC(=O)OCC(COC1OC(C(=O)O)C(O)C(O)C1OC(=O)CCCCCCCCC/C=C\C/C=C\CCCCC)OC(=O)CCCCCCC/C=C\C/C=C\C/C=C\CC. The summed E-state index contributed by atoms with van der Waals surface area (Å²) in [7, 11) is 0. The largest absolute Gasteiger partial charge is 0.479 e. The molecule has 6 atom stereocenters. The quantitative estimate of drug-likeness (QED) is 0.0228. The Kier molecular flexibility index (Phi) is 50.9. The molecule has 12 heteroatoms. The highest BCUT2D eigenvalue weighted by Crippen LogP contribution is 2.26. The summed E-state index contributed by atoms with van der Waals surface area (Å²) in [4.78, 5) is 51.3. The van der Waals surface area contributed by atoms with Crippen molar-refractivity contribution in [3.63, 3.8) is 0 Å². The van der Waals surface area contributed by atoms with Gasteiger partial charge >= 0.3 is 23.9 Å². The molecular formula is C69H110O12. The van der Waals surface area contributed by atoms with E-state index in [1.807, 2.05) is 0 Å². The second-order valence-corrected chi connectivity index (χ2v) is 20.9. The van der Waals surface area contributed by atoms with Gasteiger partial charge in [-0.15, -0.1) is 0 Å². The van der Waals surface area contributed by atoms with Crippen molar-refractivity contribution >= 4 is 23.9 Å². The van der Waals surface area contributed by atoms with Crippen molar-refractivity contribution in [2.75, 3.05) is 13.2 Å². The molecule has 1 saturated heterocycles. The molecule has 1 aliphatic heterocycles. The van der Waals surface area contributed by atoms with E-state index in [2.05, 4.69) is 142 Å². The third-order valence-electron chi connectivity index (χ3n) is 13.5. The van der Waals surface area contributed by atoms with Crippen LogP contribution in [0.15, 0.2) is 122 Å². The Bertz CT molecular complexity index is 1870. The van der Waals surface area contributed by atoms with Crippen LogP contribution in [0.1, 0.15) is 239 Å². The van der Waals surface area contributed by atoms with E-state index in [9.17, 15) is 34.5 Å². The number of esters is 3. The molecule has 3 N–H and O–H groups in total. The number of carbonyl (C=O) groups is 4. The molecule has 1 rings (SSSR count). The lowest BCUT2D eigenvalue weighted by atomic mass is 9.98. The Morgan fingerprint density at radius 1 is 0.420 bits per heavy atom. The third kappa shape index (κ3) is 45.3. The Balaban J connectivity index is 2.71. The number of ether oxygens (including phenoxy) is 5. The van der Waals surface area contributed by atoms with Crippen LogP contribution < -0.4 is 0 Å². The van der Waals surface area contributed by atoms with Gasteiger partial charge in [-0.05, 0) is 128 Å². The van der Waals surface area contributed by atoms with Crippen LogP contribution in [-0.2, 0) is 42.9 Å². The first-order valence-corrected chi connectivity index (χ1v) is 31.5. The molecule has 0 aromatic carbocycles. The van der Waals surface area contributed by atoms with Crippen LogP contribution in [0.4, 0.5) is 0 Å². The average Bonchev–Trinajstić information content (AvgIpc) is 3.53. The number of carboxylic acids is 1. The maximum absolute atomic E-state index is 13.2. The highest BCUT2D eigenvalue weighted by atomic mass is 16.7. The van der Waals surface area contributed by atoms with E-state index >= 15 is 0 Å². The summed E-state index contributed by atoms with van der Waals surface area (Å²) in [5.41, 5.74) is 0. The van der Waals surface area contributed by atoms with Gasteiger partial charge in [0, 0.05) is 19.3 Å². The van der Waals surface area contributed by atoms with Crippen molar-refractivity contribution in [1.29, 1.82) is 0 Å². The van der Waals surface area contributed by atoms with Crippen LogP contribution >= 0.6 is 0 Å². The summed E-state index contributed by atoms with van der Waals surface area (Å²) >= 11 is 0. The molecule has 1 heterocycles. The van der Waals surface area contributed by atoms with Gasteiger partial charge in [-0.2, -0.15) is 0 Å². The third-order valence-corrected chi connectivity index (χ3v) is 13.5. The molecule has 0 amide bonds. The Morgan fingerprint density at radius 3 is 1.20 bits per heavy atom. The number of aliphatic carboxylic acids is 1. The first-order chi connectivity index (χ1) is 39.6. The van der Waals surface area contributed by atoms with Crippen LogP contribution in [0.5, 0.6) is 0 Å². The topological polar surface area (TPSA) is 175 Å². The molecular weight excluding hydrogens is 1020 g/mol. The lowest BCUT2D eigenvalue weighted by Gasteiger charge is -2.40. The number of aliphatic hydroxyl groups excluding tert-OH is 2. The predicted octanol–water partition coefficient (Wildman–Crippen LogP) is 16.8. The monoisotopic (exact) mass is 1130 g/mol. The minimum absolute atomic E-state index is 0.0400. The Labute approximate surface area is 490 Å². The van der Waals surface area contributed by atoms with E-state index in [1.54, 1.807) is 0 Å². The molecule has 0 saturated carbocycles. The normalized spacial score (nSPS) is 18.6. The van der Waals surface area contributed by atoms with Crippen LogP contribution in [0.25, 0.3) is 0 Å². The first kappa shape index (κ1) is 74.1. The van der Waals surface area contributed by atoms with Gasteiger partial charge in [0.25, 0.3) is 0 Å². The van der Waals surface area contributed by atoms with Crippen LogP contribution in [0, 0.1) is 0 Å². The number of carbonyl (C=O) groups excluding carboxylic acids is 3. The first-order valence-electron chi connectivity index (χ1n) is 31.5. The standard InChI is InChI=1S/C69H110O12/c1-4-7-10-13-16-19-22-25-28-30-31-33-35-37-40-43-46-49-52-55-61(70)77-58-60(79-62(71)56-53-50-47-44-41-38-34-27-24-21-18-15-12-9-6-3)59-78-69-67(65(74)64(73)66(81-69)68(75)76)80-63(72)57-54-51-48-45-42-39-36-32-29-26-23-20-17-14-11-8-5-2/h7,9-10,12,16-21,25-29,31,33-34,37,40,60,64-67,69,73-74H,4-6,8,11,13-15,22-24,30,32,35-36,38-39,41-59H2,1-3H3,(H,75,76)/b10-7-,12-9-,19-16-,20-17-,21-18-,28-25-,29-26-,33-31-,34-27-,40-37-. The zero-order chi connectivity index (χ0) is 58.9. The number of hydrogen-bond acceptors (Lipinski definition) is 11. The van der Waals surface area contributed by atoms with E-state index in [-0.39, 0.29) is 25.9 Å². The number of carboxylic acid groups (broad SMARTS) is 1. The Hall–Kier alpha value is -4.88. The number of hydrogen-bond donors (Lipinski definition) is 3. The molecule has 458 valence electrons. The summed E-state index contributed by atoms with van der Waals surface area (Å²) in [5, 5.41) is 31.6. The van der Waals surface area contributed by atoms with E-state index < -0.39 is 67.3 Å². The maximum atomic E-state index is 13.2. The molecule has 0 aliphatic carbocycles. The number of aliphatic hydroxyl groups is 2. The van der Waals surface area contributed by atoms with E-state index in [4.69, 9.17) is 23.7 Å². The molecule has 0 aromatic rings. The van der Waals surface area contributed by atoms with Crippen molar-refractivity contribution in [1.82, 2.24) is 0 Å². The van der Waals surface area contributed by atoms with Crippen LogP contribution in [0.3, 0.4) is 0 Å². The average molecular weight is 1130 g/mol. The van der Waals surface area contributed by atoms with Crippen molar-refractivity contribution in [2.24, 2.45) is 0 Å². The van der Waals surface area contributed by atoms with Gasteiger partial charge in [0.05, 0.1) is 6.61 Å². The maximum Gasteiger partial charge on any atom is 0.335 e. The van der Waals surface area contributed by atoms with Gasteiger partial charge < -0.3 is 39.0 Å². The molecule has 6 unspecified atom stereocenters. The second-order valence-electron chi connectivity index (χ2n) is 20.9. The van der Waals surface area contributed by atoms with Crippen molar-refractivity contribution in [2.45, 2.75) is 276 Å². The zero-order valence-corrected chi connectivity index (χ0v) is 50.5. The van der Waals surface area contributed by atoms with Gasteiger partial charge in [0.15, 0.2) is 24.6 Å². The van der Waals surface area contributed by atoms with Crippen LogP contribution in [0.2, 0.25) is 0 Å². The number of unbranched alkanes of at least 4 members (excludes halogenated alkanes) is 18. The summed E-state index contributed by atoms with van der Waals surface area (Å²) in [5.74, 6) is -3.21. The van der Waals surface area contributed by atoms with Crippen molar-refractivity contribution in [3.05, 3.63) is 122 Å². The van der Waals surface area contributed by atoms with Crippen molar-refractivity contribution < 1.29 is 58.2 Å². The predicted molar refractivity (Wildman–Crippen MR) is 330 cm³/mol. The molecule has 1 fully saturated rings. The minimum atomic E-state index is -1.92. The number of rotatable bonds is 52. The summed E-state index contributed by atoms with van der Waals surface area (Å²) in [6.45, 7) is 5.70. The fourth-order valence-electron chi connectivity index (χ4n) is 8.73. The lowest BCUT2D eigenvalue weighted by Crippen LogP contribution is -2.61. The van der Waals surface area contributed by atoms with Gasteiger partial charge in [-0.3, -0.25) is 14.4 Å². The molecule has 0 bridgehead atoms. The van der Waals surface area contributed by atoms with E-state index in [0.717, 1.165) is 161 Å². The highest BCUT2D eigenvalue weighted by Gasteiger charge is 2.50. The number of allylic oxidation sites excluding steroid dienone is 20. The molecule has 81 heavy (non-hydrogen) atoms. The van der Waals surface area contributed by atoms with Crippen LogP contribution in [-0.4, -0.2) is 89.2 Å². The lowest BCUT2D eigenvalue weighted by molar-refractivity contribution is -0.301. The molecule has 0 radical (unpaired) electrons. The van der Waals surface area contributed by atoms with Gasteiger partial charge in [0.2, 0.25) is 0 Å². The van der Waals surface area contributed by atoms with Gasteiger partial charge in [-0.1, -0.05) is 213 Å². The Morgan fingerprint density at radius 2 is 0.778 bits per heavy atom. The minimum Gasteiger partial charge on any atom is -0.479 e. The molecule has 0 spiro atoms. The van der Waals surface area contributed by atoms with E-state index in [1.165, 1.54) is 19.3 Å². The molecule has 0 aromatic heterocycles. The fourth-order valence-corrected chi connectivity index (χ4v) is 8.73. The highest BCUT2D eigenvalue weighted by molar-refractivity contribution is 5.74.